The maximum Gasteiger partial charge on any atom is 0.679 e. The Morgan fingerprint density at radius 3 is 1.22 bits per heavy atom. The average Bonchev–Trinajstić information content (AvgIpc) is 2.54. The maximum atomic E-state index is 5.99. The lowest BCUT2D eigenvalue weighted by atomic mass is 10.2. The summed E-state index contributed by atoms with van der Waals surface area (Å²) in [6, 6.07) is 0. The quantitative estimate of drug-likeness (QED) is 0.243. The van der Waals surface area contributed by atoms with Crippen molar-refractivity contribution in [3.05, 3.63) is 0 Å². The Bertz CT molecular complexity index is 215. The van der Waals surface area contributed by atoms with E-state index >= 15 is 0 Å². The molecular weight excluding hydrogens is 308 g/mol. The van der Waals surface area contributed by atoms with Crippen LogP contribution in [0.2, 0.25) is 0 Å². The van der Waals surface area contributed by atoms with Gasteiger partial charge in [-0.1, -0.05) is 65.2 Å². The third kappa shape index (κ3) is 13.1. The van der Waals surface area contributed by atoms with Crippen LogP contribution >= 0.6 is 0 Å². The van der Waals surface area contributed by atoms with Crippen molar-refractivity contribution in [1.82, 2.24) is 0 Å². The SMILES string of the molecule is CCCCCCCO[Si](OCC)(OCC)OCCCCCCC. The largest absolute Gasteiger partial charge is 0.679 e. The molecule has 0 N–H and O–H groups in total. The van der Waals surface area contributed by atoms with Gasteiger partial charge in [-0.15, -0.1) is 0 Å². The van der Waals surface area contributed by atoms with E-state index in [0.29, 0.717) is 26.4 Å². The summed E-state index contributed by atoms with van der Waals surface area (Å²) in [5.41, 5.74) is 0. The van der Waals surface area contributed by atoms with Crippen molar-refractivity contribution in [2.24, 2.45) is 0 Å². The Morgan fingerprint density at radius 1 is 0.478 bits per heavy atom. The van der Waals surface area contributed by atoms with Gasteiger partial charge in [0, 0.05) is 26.4 Å². The van der Waals surface area contributed by atoms with Crippen LogP contribution in [0.1, 0.15) is 91.9 Å². The molecule has 0 amide bonds. The van der Waals surface area contributed by atoms with E-state index in [-0.39, 0.29) is 0 Å². The van der Waals surface area contributed by atoms with E-state index < -0.39 is 9.05 Å². The molecular formula is C18H40O4Si. The fourth-order valence-corrected chi connectivity index (χ4v) is 4.40. The highest BCUT2D eigenvalue weighted by atomic mass is 28.4. The first-order valence-electron chi connectivity index (χ1n) is 9.80. The Labute approximate surface area is 145 Å². The molecule has 0 saturated heterocycles. The molecule has 0 unspecified atom stereocenters. The summed E-state index contributed by atoms with van der Waals surface area (Å²) in [5.74, 6) is 0. The molecule has 0 aromatic heterocycles. The second-order valence-electron chi connectivity index (χ2n) is 5.89. The van der Waals surface area contributed by atoms with Gasteiger partial charge in [0.25, 0.3) is 0 Å². The number of unbranched alkanes of at least 4 members (excludes halogenated alkanes) is 8. The van der Waals surface area contributed by atoms with E-state index in [4.69, 9.17) is 17.7 Å². The molecule has 0 atom stereocenters. The first-order chi connectivity index (χ1) is 11.2. The molecule has 0 radical (unpaired) electrons. The topological polar surface area (TPSA) is 36.9 Å². The zero-order valence-electron chi connectivity index (χ0n) is 16.0. The molecule has 5 heteroatoms. The molecule has 0 fully saturated rings. The summed E-state index contributed by atoms with van der Waals surface area (Å²) in [6.07, 6.45) is 12.2. The number of hydrogen-bond acceptors (Lipinski definition) is 4. The van der Waals surface area contributed by atoms with Crippen molar-refractivity contribution in [1.29, 1.82) is 0 Å². The third-order valence-electron chi connectivity index (χ3n) is 3.70. The fourth-order valence-electron chi connectivity index (χ4n) is 2.41. The van der Waals surface area contributed by atoms with Crippen LogP contribution < -0.4 is 0 Å². The van der Waals surface area contributed by atoms with E-state index in [1.807, 2.05) is 13.8 Å². The summed E-state index contributed by atoms with van der Waals surface area (Å²) in [4.78, 5) is 0. The zero-order valence-corrected chi connectivity index (χ0v) is 17.0. The van der Waals surface area contributed by atoms with E-state index in [1.165, 1.54) is 51.4 Å². The summed E-state index contributed by atoms with van der Waals surface area (Å²) in [6.45, 7) is 10.9. The highest BCUT2D eigenvalue weighted by Crippen LogP contribution is 2.15. The fraction of sp³-hybridized carbons (Fsp3) is 1.00. The van der Waals surface area contributed by atoms with Crippen LogP contribution in [0.15, 0.2) is 0 Å². The highest BCUT2D eigenvalue weighted by Gasteiger charge is 2.44. The monoisotopic (exact) mass is 348 g/mol. The van der Waals surface area contributed by atoms with Gasteiger partial charge in [0.15, 0.2) is 0 Å². The van der Waals surface area contributed by atoms with E-state index in [0.717, 1.165) is 12.8 Å². The lowest BCUT2D eigenvalue weighted by Crippen LogP contribution is -2.49. The predicted molar refractivity (Wildman–Crippen MR) is 98.4 cm³/mol. The Morgan fingerprint density at radius 2 is 0.870 bits per heavy atom. The summed E-state index contributed by atoms with van der Waals surface area (Å²) >= 11 is 0. The van der Waals surface area contributed by atoms with Crippen molar-refractivity contribution in [3.63, 3.8) is 0 Å². The van der Waals surface area contributed by atoms with Gasteiger partial charge < -0.3 is 17.7 Å². The lowest BCUT2D eigenvalue weighted by Gasteiger charge is -2.27. The van der Waals surface area contributed by atoms with E-state index in [9.17, 15) is 0 Å². The normalized spacial score (nSPS) is 12.0. The molecule has 23 heavy (non-hydrogen) atoms. The molecule has 4 nitrogen and oxygen atoms in total. The molecule has 0 heterocycles. The summed E-state index contributed by atoms with van der Waals surface area (Å²) in [7, 11) is -2.93. The van der Waals surface area contributed by atoms with Crippen LogP contribution in [-0.2, 0) is 17.7 Å². The minimum atomic E-state index is -2.93. The Balaban J connectivity index is 4.11. The van der Waals surface area contributed by atoms with Gasteiger partial charge in [-0.25, -0.2) is 0 Å². The third-order valence-corrected chi connectivity index (χ3v) is 6.10. The molecule has 0 saturated carbocycles. The van der Waals surface area contributed by atoms with Gasteiger partial charge in [-0.2, -0.15) is 0 Å². The van der Waals surface area contributed by atoms with Gasteiger partial charge in [0.05, 0.1) is 0 Å². The second kappa shape index (κ2) is 16.9. The molecule has 0 aromatic carbocycles. The van der Waals surface area contributed by atoms with Crippen molar-refractivity contribution in [2.75, 3.05) is 26.4 Å². The van der Waals surface area contributed by atoms with Gasteiger partial charge in [-0.05, 0) is 26.7 Å². The molecule has 140 valence electrons. The van der Waals surface area contributed by atoms with Crippen molar-refractivity contribution in [2.45, 2.75) is 91.9 Å². The summed E-state index contributed by atoms with van der Waals surface area (Å²) in [5, 5.41) is 0. The van der Waals surface area contributed by atoms with Crippen LogP contribution in [0, 0.1) is 0 Å². The van der Waals surface area contributed by atoms with Crippen LogP contribution in [0.4, 0.5) is 0 Å². The highest BCUT2D eigenvalue weighted by molar-refractivity contribution is 6.53. The molecule has 0 bridgehead atoms. The smallest absolute Gasteiger partial charge is 0.351 e. The lowest BCUT2D eigenvalue weighted by molar-refractivity contribution is -0.0313. The first-order valence-corrected chi connectivity index (χ1v) is 11.4. The van der Waals surface area contributed by atoms with Gasteiger partial charge >= 0.3 is 9.05 Å². The predicted octanol–water partition coefficient (Wildman–Crippen LogP) is 5.47. The van der Waals surface area contributed by atoms with Crippen molar-refractivity contribution >= 4 is 9.05 Å². The molecule has 0 aliphatic carbocycles. The van der Waals surface area contributed by atoms with Gasteiger partial charge in [0.1, 0.15) is 0 Å². The standard InChI is InChI=1S/C18H40O4Si/c1-5-9-11-13-15-17-21-23(19-7-3,20-8-4)22-18-16-14-12-10-6-2/h5-18H2,1-4H3. The van der Waals surface area contributed by atoms with Gasteiger partial charge in [0.2, 0.25) is 0 Å². The van der Waals surface area contributed by atoms with Crippen LogP contribution in [0.25, 0.3) is 0 Å². The van der Waals surface area contributed by atoms with Gasteiger partial charge in [-0.3, -0.25) is 0 Å². The van der Waals surface area contributed by atoms with Crippen LogP contribution in [-0.4, -0.2) is 35.5 Å². The first kappa shape index (κ1) is 23.1. The second-order valence-corrected chi connectivity index (χ2v) is 8.05. The molecule has 0 aromatic rings. The van der Waals surface area contributed by atoms with E-state index in [2.05, 4.69) is 13.8 Å². The zero-order chi connectivity index (χ0) is 17.2. The molecule has 0 aliphatic heterocycles. The minimum absolute atomic E-state index is 0.567. The Hall–Kier alpha value is 0.0569. The Kier molecular flexibility index (Phi) is 16.9. The van der Waals surface area contributed by atoms with Crippen molar-refractivity contribution < 1.29 is 17.7 Å². The molecule has 0 rings (SSSR count). The molecule has 0 spiro atoms. The summed E-state index contributed by atoms with van der Waals surface area (Å²) < 4.78 is 23.6. The van der Waals surface area contributed by atoms with E-state index in [1.54, 1.807) is 0 Å². The molecule has 0 aliphatic rings. The average molecular weight is 349 g/mol. The minimum Gasteiger partial charge on any atom is -0.351 e. The van der Waals surface area contributed by atoms with Crippen molar-refractivity contribution in [3.8, 4) is 0 Å². The maximum absolute atomic E-state index is 5.99. The number of rotatable bonds is 18. The van der Waals surface area contributed by atoms with Crippen LogP contribution in [0.3, 0.4) is 0 Å². The number of hydrogen-bond donors (Lipinski definition) is 0. The van der Waals surface area contributed by atoms with Crippen LogP contribution in [0.5, 0.6) is 0 Å².